The van der Waals surface area contributed by atoms with Crippen LogP contribution >= 0.6 is 15.9 Å². The highest BCUT2D eigenvalue weighted by Gasteiger charge is 2.27. The Balaban J connectivity index is 2.14. The van der Waals surface area contributed by atoms with Gasteiger partial charge in [0.1, 0.15) is 0 Å². The Bertz CT molecular complexity index is 449. The van der Waals surface area contributed by atoms with Gasteiger partial charge in [-0.25, -0.2) is 0 Å². The molecule has 0 radical (unpaired) electrons. The molecule has 112 valence electrons. The summed E-state index contributed by atoms with van der Waals surface area (Å²) in [6, 6.07) is 7.55. The summed E-state index contributed by atoms with van der Waals surface area (Å²) in [6.45, 7) is 11.8. The molecular formula is C16H26BrN3. The lowest BCUT2D eigenvalue weighted by atomic mass is 10.0. The standard InChI is InChI=1S/C16H26BrN3/c1-4-19-7-8-20(11-13(19)3)16(10-18)14-6-5-12(2)15(17)9-14/h5-6,9,13,16H,4,7-8,10-11,18H2,1-3H3. The van der Waals surface area contributed by atoms with Gasteiger partial charge in [-0.1, -0.05) is 35.0 Å². The topological polar surface area (TPSA) is 32.5 Å². The molecule has 0 bridgehead atoms. The SMILES string of the molecule is CCN1CCN(C(CN)c2ccc(C)c(Br)c2)CC1C. The van der Waals surface area contributed by atoms with E-state index in [0.29, 0.717) is 18.6 Å². The van der Waals surface area contributed by atoms with E-state index in [0.717, 1.165) is 26.2 Å². The highest BCUT2D eigenvalue weighted by Crippen LogP contribution is 2.27. The van der Waals surface area contributed by atoms with E-state index in [-0.39, 0.29) is 0 Å². The summed E-state index contributed by atoms with van der Waals surface area (Å²) in [5, 5.41) is 0. The summed E-state index contributed by atoms with van der Waals surface area (Å²) in [4.78, 5) is 5.07. The second-order valence-corrected chi connectivity index (χ2v) is 6.59. The summed E-state index contributed by atoms with van der Waals surface area (Å²) < 4.78 is 1.17. The molecule has 4 heteroatoms. The summed E-state index contributed by atoms with van der Waals surface area (Å²) in [5.41, 5.74) is 8.66. The number of piperazine rings is 1. The minimum absolute atomic E-state index is 0.327. The van der Waals surface area contributed by atoms with E-state index in [1.807, 2.05) is 0 Å². The van der Waals surface area contributed by atoms with E-state index >= 15 is 0 Å². The fourth-order valence-electron chi connectivity index (χ4n) is 3.09. The molecule has 3 nitrogen and oxygen atoms in total. The highest BCUT2D eigenvalue weighted by atomic mass is 79.9. The molecule has 0 saturated carbocycles. The van der Waals surface area contributed by atoms with Crippen molar-refractivity contribution >= 4 is 15.9 Å². The van der Waals surface area contributed by atoms with Crippen molar-refractivity contribution in [2.24, 2.45) is 5.73 Å². The number of hydrogen-bond acceptors (Lipinski definition) is 3. The lowest BCUT2D eigenvalue weighted by Crippen LogP contribution is -2.53. The zero-order valence-electron chi connectivity index (χ0n) is 12.8. The molecule has 2 unspecified atom stereocenters. The van der Waals surface area contributed by atoms with Gasteiger partial charge in [-0.05, 0) is 37.6 Å². The minimum Gasteiger partial charge on any atom is -0.329 e. The van der Waals surface area contributed by atoms with Crippen LogP contribution in [0.4, 0.5) is 0 Å². The summed E-state index contributed by atoms with van der Waals surface area (Å²) in [5.74, 6) is 0. The third-order valence-corrected chi connectivity index (χ3v) is 5.30. The monoisotopic (exact) mass is 339 g/mol. The van der Waals surface area contributed by atoms with Crippen LogP contribution in [-0.4, -0.2) is 48.6 Å². The highest BCUT2D eigenvalue weighted by molar-refractivity contribution is 9.10. The third-order valence-electron chi connectivity index (χ3n) is 4.45. The normalized spacial score (nSPS) is 22.9. The van der Waals surface area contributed by atoms with Gasteiger partial charge in [0.15, 0.2) is 0 Å². The quantitative estimate of drug-likeness (QED) is 0.915. The number of aryl methyl sites for hydroxylation is 1. The van der Waals surface area contributed by atoms with Gasteiger partial charge in [-0.2, -0.15) is 0 Å². The first-order chi connectivity index (χ1) is 9.56. The fourth-order valence-corrected chi connectivity index (χ4v) is 3.49. The molecule has 2 N–H and O–H groups in total. The van der Waals surface area contributed by atoms with Crippen LogP contribution in [0.25, 0.3) is 0 Å². The third kappa shape index (κ3) is 3.42. The van der Waals surface area contributed by atoms with Gasteiger partial charge < -0.3 is 5.73 Å². The maximum absolute atomic E-state index is 6.07. The summed E-state index contributed by atoms with van der Waals surface area (Å²) in [7, 11) is 0. The van der Waals surface area contributed by atoms with Gasteiger partial charge in [0, 0.05) is 42.7 Å². The Morgan fingerprint density at radius 1 is 1.40 bits per heavy atom. The van der Waals surface area contributed by atoms with Gasteiger partial charge in [-0.15, -0.1) is 0 Å². The molecule has 1 saturated heterocycles. The van der Waals surface area contributed by atoms with Crippen LogP contribution in [-0.2, 0) is 0 Å². The van der Waals surface area contributed by atoms with E-state index in [2.05, 4.69) is 64.7 Å². The zero-order valence-corrected chi connectivity index (χ0v) is 14.4. The molecule has 2 atom stereocenters. The Labute approximate surface area is 131 Å². The average Bonchev–Trinajstić information content (AvgIpc) is 2.44. The maximum Gasteiger partial charge on any atom is 0.0472 e. The van der Waals surface area contributed by atoms with Crippen LogP contribution in [0, 0.1) is 6.92 Å². The molecule has 0 amide bonds. The predicted molar refractivity (Wildman–Crippen MR) is 89.0 cm³/mol. The molecule has 1 heterocycles. The number of likely N-dealkylation sites (N-methyl/N-ethyl adjacent to an activating group) is 1. The molecular weight excluding hydrogens is 314 g/mol. The largest absolute Gasteiger partial charge is 0.329 e. The molecule has 20 heavy (non-hydrogen) atoms. The van der Waals surface area contributed by atoms with Gasteiger partial charge >= 0.3 is 0 Å². The van der Waals surface area contributed by atoms with E-state index in [4.69, 9.17) is 5.73 Å². The lowest BCUT2D eigenvalue weighted by Gasteiger charge is -2.43. The zero-order chi connectivity index (χ0) is 14.7. The van der Waals surface area contributed by atoms with Crippen LogP contribution in [0.15, 0.2) is 22.7 Å². The predicted octanol–water partition coefficient (Wildman–Crippen LogP) is 2.78. The van der Waals surface area contributed by atoms with Crippen LogP contribution in [0.2, 0.25) is 0 Å². The molecule has 1 aliphatic rings. The van der Waals surface area contributed by atoms with E-state index in [1.54, 1.807) is 0 Å². The van der Waals surface area contributed by atoms with Crippen molar-refractivity contribution < 1.29 is 0 Å². The van der Waals surface area contributed by atoms with E-state index in [9.17, 15) is 0 Å². The van der Waals surface area contributed by atoms with Crippen LogP contribution < -0.4 is 5.73 Å². The summed E-state index contributed by atoms with van der Waals surface area (Å²) >= 11 is 3.63. The summed E-state index contributed by atoms with van der Waals surface area (Å²) in [6.07, 6.45) is 0. The molecule has 0 aliphatic carbocycles. The Hall–Kier alpha value is -0.420. The number of halogens is 1. The van der Waals surface area contributed by atoms with Gasteiger partial charge in [-0.3, -0.25) is 9.80 Å². The first kappa shape index (κ1) is 16.0. The minimum atomic E-state index is 0.327. The number of nitrogens with zero attached hydrogens (tertiary/aromatic N) is 2. The number of rotatable bonds is 4. The van der Waals surface area contributed by atoms with E-state index < -0.39 is 0 Å². The van der Waals surface area contributed by atoms with Crippen molar-refractivity contribution in [3.8, 4) is 0 Å². The second-order valence-electron chi connectivity index (χ2n) is 5.73. The number of hydrogen-bond donors (Lipinski definition) is 1. The second kappa shape index (κ2) is 7.03. The number of nitrogens with two attached hydrogens (primary N) is 1. The first-order valence-corrected chi connectivity index (χ1v) is 8.30. The molecule has 0 spiro atoms. The van der Waals surface area contributed by atoms with Crippen molar-refractivity contribution in [3.05, 3.63) is 33.8 Å². The molecule has 1 aromatic carbocycles. The Morgan fingerprint density at radius 3 is 2.70 bits per heavy atom. The Kier molecular flexibility index (Phi) is 5.61. The van der Waals surface area contributed by atoms with Crippen molar-refractivity contribution in [2.45, 2.75) is 32.9 Å². The first-order valence-electron chi connectivity index (χ1n) is 7.51. The molecule has 1 fully saturated rings. The van der Waals surface area contributed by atoms with Crippen molar-refractivity contribution in [1.29, 1.82) is 0 Å². The maximum atomic E-state index is 6.07. The van der Waals surface area contributed by atoms with Crippen molar-refractivity contribution in [3.63, 3.8) is 0 Å². The molecule has 1 aromatic rings. The lowest BCUT2D eigenvalue weighted by molar-refractivity contribution is 0.0606. The van der Waals surface area contributed by atoms with Crippen molar-refractivity contribution in [1.82, 2.24) is 9.80 Å². The van der Waals surface area contributed by atoms with Crippen LogP contribution in [0.5, 0.6) is 0 Å². The van der Waals surface area contributed by atoms with Gasteiger partial charge in [0.2, 0.25) is 0 Å². The molecule has 1 aliphatic heterocycles. The van der Waals surface area contributed by atoms with Crippen LogP contribution in [0.3, 0.4) is 0 Å². The van der Waals surface area contributed by atoms with E-state index in [1.165, 1.54) is 15.6 Å². The van der Waals surface area contributed by atoms with Crippen molar-refractivity contribution in [2.75, 3.05) is 32.7 Å². The fraction of sp³-hybridized carbons (Fsp3) is 0.625. The van der Waals surface area contributed by atoms with Gasteiger partial charge in [0.05, 0.1) is 0 Å². The smallest absolute Gasteiger partial charge is 0.0472 e. The van der Waals surface area contributed by atoms with Gasteiger partial charge in [0.25, 0.3) is 0 Å². The number of benzene rings is 1. The van der Waals surface area contributed by atoms with Crippen LogP contribution in [0.1, 0.15) is 31.0 Å². The molecule has 2 rings (SSSR count). The average molecular weight is 340 g/mol. The Morgan fingerprint density at radius 2 is 2.15 bits per heavy atom. The molecule has 0 aromatic heterocycles.